The predicted octanol–water partition coefficient (Wildman–Crippen LogP) is 3.33. The lowest BCUT2D eigenvalue weighted by Gasteiger charge is -2.33. The van der Waals surface area contributed by atoms with E-state index in [1.165, 1.54) is 4.90 Å². The van der Waals surface area contributed by atoms with Crippen LogP contribution < -0.4 is 10.2 Å². The Morgan fingerprint density at radius 1 is 1.32 bits per heavy atom. The number of ether oxygens (including phenoxy) is 2. The molecule has 41 heavy (non-hydrogen) atoms. The molecule has 1 fully saturated rings. The van der Waals surface area contributed by atoms with E-state index in [4.69, 9.17) is 9.47 Å². The van der Waals surface area contributed by atoms with E-state index in [1.54, 1.807) is 31.1 Å². The largest absolute Gasteiger partial charge is 0.487 e. The molecule has 11 heteroatoms. The molecule has 2 aliphatic heterocycles. The van der Waals surface area contributed by atoms with Crippen molar-refractivity contribution in [3.8, 4) is 6.07 Å². The number of aryl methyl sites for hydroxylation is 1. The fourth-order valence-electron chi connectivity index (χ4n) is 4.72. The minimum Gasteiger partial charge on any atom is -0.487 e. The van der Waals surface area contributed by atoms with Gasteiger partial charge in [0.2, 0.25) is 5.91 Å². The number of piperazine rings is 1. The van der Waals surface area contributed by atoms with Gasteiger partial charge in [0, 0.05) is 50.6 Å². The molecule has 1 atom stereocenters. The molecule has 1 unspecified atom stereocenters. The first-order chi connectivity index (χ1) is 19.7. The first kappa shape index (κ1) is 31.5. The molecule has 1 saturated heterocycles. The van der Waals surface area contributed by atoms with Crippen molar-refractivity contribution in [2.75, 3.05) is 51.8 Å². The second-order valence-electron chi connectivity index (χ2n) is 10.3. The zero-order valence-electron chi connectivity index (χ0n) is 24.6. The van der Waals surface area contributed by atoms with Crippen molar-refractivity contribution in [2.24, 2.45) is 0 Å². The summed E-state index contributed by atoms with van der Waals surface area (Å²) in [5.41, 5.74) is 2.55. The van der Waals surface area contributed by atoms with Crippen LogP contribution in [0.3, 0.4) is 0 Å². The molecule has 3 rings (SSSR count). The molecule has 0 aliphatic carbocycles. The van der Waals surface area contributed by atoms with E-state index in [0.717, 1.165) is 24.9 Å². The topological polar surface area (TPSA) is 128 Å². The summed E-state index contributed by atoms with van der Waals surface area (Å²) in [6.07, 6.45) is 7.71. The van der Waals surface area contributed by atoms with Crippen LogP contribution in [0, 0.1) is 11.3 Å². The van der Waals surface area contributed by atoms with Crippen LogP contribution in [0.5, 0.6) is 0 Å². The van der Waals surface area contributed by atoms with Crippen LogP contribution in [-0.4, -0.2) is 86.1 Å². The Morgan fingerprint density at radius 2 is 2.10 bits per heavy atom. The van der Waals surface area contributed by atoms with E-state index in [1.807, 2.05) is 37.9 Å². The Balaban J connectivity index is 1.84. The number of carbonyl (C=O) groups excluding carboxylic acids is 3. The molecule has 1 aromatic rings. The molecule has 11 nitrogen and oxygen atoms in total. The van der Waals surface area contributed by atoms with Crippen LogP contribution in [0.2, 0.25) is 0 Å². The Hall–Kier alpha value is -4.01. The lowest BCUT2D eigenvalue weighted by molar-refractivity contribution is -0.136. The van der Waals surface area contributed by atoms with Crippen LogP contribution in [0.15, 0.2) is 41.3 Å². The third-order valence-electron chi connectivity index (χ3n) is 6.79. The second-order valence-corrected chi connectivity index (χ2v) is 10.3. The van der Waals surface area contributed by atoms with E-state index >= 15 is 0 Å². The maximum atomic E-state index is 13.4. The van der Waals surface area contributed by atoms with Crippen molar-refractivity contribution in [2.45, 2.75) is 52.7 Å². The summed E-state index contributed by atoms with van der Waals surface area (Å²) in [4.78, 5) is 47.7. The number of aromatic nitrogens is 1. The van der Waals surface area contributed by atoms with Gasteiger partial charge in [0.1, 0.15) is 29.4 Å². The molecule has 3 heterocycles. The highest BCUT2D eigenvalue weighted by Crippen LogP contribution is 2.28. The number of hydrogen-bond donors (Lipinski definition) is 1. The third-order valence-corrected chi connectivity index (χ3v) is 6.79. The van der Waals surface area contributed by atoms with Gasteiger partial charge in [0.25, 0.3) is 0 Å². The molecule has 2 aliphatic rings. The van der Waals surface area contributed by atoms with E-state index in [2.05, 4.69) is 16.4 Å². The molecule has 0 radical (unpaired) electrons. The van der Waals surface area contributed by atoms with E-state index in [-0.39, 0.29) is 17.7 Å². The third kappa shape index (κ3) is 8.49. The van der Waals surface area contributed by atoms with Gasteiger partial charge in [-0.05, 0) is 57.9 Å². The zero-order valence-corrected chi connectivity index (χ0v) is 24.6. The number of likely N-dealkylation sites (N-methyl/N-ethyl adjacent to an activating group) is 1. The molecule has 0 spiro atoms. The van der Waals surface area contributed by atoms with Crippen molar-refractivity contribution in [1.82, 2.24) is 20.1 Å². The van der Waals surface area contributed by atoms with E-state index in [9.17, 15) is 19.6 Å². The molecule has 0 saturated carbocycles. The van der Waals surface area contributed by atoms with Gasteiger partial charge in [-0.15, -0.1) is 0 Å². The standard InChI is InChI=1S/C30H40N6O5/c1-6-7-9-24(16-31)27(41-22(3)20-40-5)14-21(2)32-30(39)36-11-8-10-23-15-25(26(19-37)33-29(23)36)17-35-13-12-34(4)18-28(35)38/h7,9,14-15,19,22H,6,8,10-13,17-18,20H2,1-5H3,(H,32,39)/b9-7+,21-14+,27-24-. The van der Waals surface area contributed by atoms with Crippen molar-refractivity contribution in [1.29, 1.82) is 5.26 Å². The van der Waals surface area contributed by atoms with Gasteiger partial charge >= 0.3 is 6.03 Å². The minimum atomic E-state index is -0.405. The summed E-state index contributed by atoms with van der Waals surface area (Å²) in [6, 6.07) is 3.65. The highest BCUT2D eigenvalue weighted by atomic mass is 16.5. The van der Waals surface area contributed by atoms with Gasteiger partial charge in [-0.3, -0.25) is 19.4 Å². The van der Waals surface area contributed by atoms with Crippen LogP contribution >= 0.6 is 0 Å². The number of aldehydes is 1. The summed E-state index contributed by atoms with van der Waals surface area (Å²) < 4.78 is 11.1. The zero-order chi connectivity index (χ0) is 29.9. The number of hydrogen-bond acceptors (Lipinski definition) is 8. The Morgan fingerprint density at radius 3 is 2.76 bits per heavy atom. The van der Waals surface area contributed by atoms with Gasteiger partial charge < -0.3 is 19.7 Å². The maximum Gasteiger partial charge on any atom is 0.327 e. The first-order valence-electron chi connectivity index (χ1n) is 13.9. The highest BCUT2D eigenvalue weighted by Gasteiger charge is 2.28. The molecule has 220 valence electrons. The van der Waals surface area contributed by atoms with E-state index in [0.29, 0.717) is 73.9 Å². The average molecular weight is 565 g/mol. The SMILES string of the molecule is CC/C=C/C(C#N)=C(\C=C(/C)NC(=O)N1CCCc2cc(CN3CCN(C)CC3=O)c(C=O)nc21)OC(C)COC. The van der Waals surface area contributed by atoms with Gasteiger partial charge in [-0.2, -0.15) is 5.26 Å². The number of anilines is 1. The molecule has 1 N–H and O–H groups in total. The summed E-state index contributed by atoms with van der Waals surface area (Å²) >= 11 is 0. The number of allylic oxidation sites excluding steroid dienone is 5. The van der Waals surface area contributed by atoms with Gasteiger partial charge in [-0.25, -0.2) is 9.78 Å². The fourth-order valence-corrected chi connectivity index (χ4v) is 4.72. The lowest BCUT2D eigenvalue weighted by atomic mass is 10.0. The highest BCUT2D eigenvalue weighted by molar-refractivity contribution is 5.94. The summed E-state index contributed by atoms with van der Waals surface area (Å²) in [7, 11) is 3.48. The van der Waals surface area contributed by atoms with Gasteiger partial charge in [-0.1, -0.05) is 13.0 Å². The fraction of sp³-hybridized carbons (Fsp3) is 0.500. The quantitative estimate of drug-likeness (QED) is 0.188. The predicted molar refractivity (Wildman–Crippen MR) is 155 cm³/mol. The van der Waals surface area contributed by atoms with Crippen molar-refractivity contribution in [3.05, 3.63) is 58.1 Å². The molecular weight excluding hydrogens is 524 g/mol. The molecule has 3 amide bonds. The minimum absolute atomic E-state index is 0.00957. The molecule has 0 bridgehead atoms. The maximum absolute atomic E-state index is 13.4. The summed E-state index contributed by atoms with van der Waals surface area (Å²) in [5, 5.41) is 12.6. The number of fused-ring (bicyclic) bond motifs is 1. The Kier molecular flexibility index (Phi) is 11.6. The Bertz CT molecular complexity index is 1260. The van der Waals surface area contributed by atoms with E-state index < -0.39 is 6.03 Å². The van der Waals surface area contributed by atoms with Gasteiger partial charge in [0.15, 0.2) is 6.29 Å². The van der Waals surface area contributed by atoms with Crippen molar-refractivity contribution >= 4 is 24.0 Å². The normalized spacial score (nSPS) is 17.6. The number of nitrogens with one attached hydrogen (secondary N) is 1. The number of carbonyl (C=O) groups is 3. The molecular formula is C30H40N6O5. The number of nitrogens with zero attached hydrogens (tertiary/aromatic N) is 5. The van der Waals surface area contributed by atoms with Crippen LogP contribution in [0.25, 0.3) is 0 Å². The second kappa shape index (κ2) is 15.1. The molecule has 1 aromatic heterocycles. The number of methoxy groups -OCH3 is 1. The smallest absolute Gasteiger partial charge is 0.327 e. The lowest BCUT2D eigenvalue weighted by Crippen LogP contribution is -2.48. The number of nitriles is 1. The number of amides is 3. The van der Waals surface area contributed by atoms with Crippen LogP contribution in [-0.2, 0) is 27.2 Å². The summed E-state index contributed by atoms with van der Waals surface area (Å²) in [6.45, 7) is 8.27. The van der Waals surface area contributed by atoms with Gasteiger partial charge in [0.05, 0.1) is 18.7 Å². The van der Waals surface area contributed by atoms with Crippen LogP contribution in [0.4, 0.5) is 10.6 Å². The monoisotopic (exact) mass is 564 g/mol. The van der Waals surface area contributed by atoms with Crippen molar-refractivity contribution < 1.29 is 23.9 Å². The number of rotatable bonds is 11. The first-order valence-corrected chi connectivity index (χ1v) is 13.9. The number of pyridine rings is 1. The van der Waals surface area contributed by atoms with Crippen molar-refractivity contribution in [3.63, 3.8) is 0 Å². The average Bonchev–Trinajstić information content (AvgIpc) is 2.94. The Labute approximate surface area is 242 Å². The number of urea groups is 1. The molecule has 0 aromatic carbocycles. The van der Waals surface area contributed by atoms with Crippen LogP contribution in [0.1, 0.15) is 55.2 Å². The summed E-state index contributed by atoms with van der Waals surface area (Å²) in [5.74, 6) is 0.764.